The molecule has 0 aliphatic carbocycles. The van der Waals surface area contributed by atoms with E-state index in [4.69, 9.17) is 9.72 Å². The van der Waals surface area contributed by atoms with Crippen LogP contribution in [0.5, 0.6) is 0 Å². The number of halogens is 2. The molecule has 0 spiro atoms. The van der Waals surface area contributed by atoms with Gasteiger partial charge in [-0.05, 0) is 31.2 Å². The molecule has 150 valence electrons. The van der Waals surface area contributed by atoms with Crippen LogP contribution >= 0.6 is 0 Å². The van der Waals surface area contributed by atoms with Gasteiger partial charge in [0.1, 0.15) is 23.7 Å². The number of nitrogens with zero attached hydrogens (tertiary/aromatic N) is 3. The van der Waals surface area contributed by atoms with Gasteiger partial charge in [0.25, 0.3) is 0 Å². The van der Waals surface area contributed by atoms with E-state index in [-0.39, 0.29) is 6.04 Å². The highest BCUT2D eigenvalue weighted by Gasteiger charge is 2.18. The Balaban J connectivity index is 1.74. The normalized spacial score (nSPS) is 15.3. The van der Waals surface area contributed by atoms with Crippen LogP contribution in [0, 0.1) is 11.6 Å². The second-order valence-corrected chi connectivity index (χ2v) is 6.95. The summed E-state index contributed by atoms with van der Waals surface area (Å²) in [5, 5.41) is 3.08. The van der Waals surface area contributed by atoms with Crippen molar-refractivity contribution in [3.8, 4) is 0 Å². The predicted octanol–water partition coefficient (Wildman–Crippen LogP) is 3.73. The largest absolute Gasteiger partial charge is 0.378 e. The van der Waals surface area contributed by atoms with Crippen LogP contribution in [-0.2, 0) is 4.74 Å². The van der Waals surface area contributed by atoms with Crippen LogP contribution < -0.4 is 10.2 Å². The molecular weight excluding hydrogens is 378 g/mol. The van der Waals surface area contributed by atoms with E-state index < -0.39 is 11.6 Å². The minimum Gasteiger partial charge on any atom is -0.378 e. The second kappa shape index (κ2) is 8.08. The number of rotatable bonds is 5. The van der Waals surface area contributed by atoms with E-state index in [1.807, 2.05) is 6.92 Å². The van der Waals surface area contributed by atoms with Crippen LogP contribution in [0.4, 0.5) is 20.3 Å². The molecule has 0 bridgehead atoms. The van der Waals surface area contributed by atoms with Gasteiger partial charge in [0.15, 0.2) is 0 Å². The molecule has 1 aliphatic rings. The number of nitrogens with one attached hydrogen (secondary N) is 1. The molecule has 0 amide bonds. The van der Waals surface area contributed by atoms with E-state index in [9.17, 15) is 13.6 Å². The lowest BCUT2D eigenvalue weighted by Gasteiger charge is -2.28. The summed E-state index contributed by atoms with van der Waals surface area (Å²) < 4.78 is 32.5. The molecule has 0 radical (unpaired) electrons. The zero-order valence-corrected chi connectivity index (χ0v) is 15.9. The fourth-order valence-electron chi connectivity index (χ4n) is 3.46. The van der Waals surface area contributed by atoms with Gasteiger partial charge < -0.3 is 15.0 Å². The van der Waals surface area contributed by atoms with E-state index in [0.717, 1.165) is 36.8 Å². The average Bonchev–Trinajstić information content (AvgIpc) is 2.72. The molecule has 0 saturated carbocycles. The third-order valence-corrected chi connectivity index (χ3v) is 4.87. The second-order valence-electron chi connectivity index (χ2n) is 6.95. The van der Waals surface area contributed by atoms with Gasteiger partial charge >= 0.3 is 0 Å². The summed E-state index contributed by atoms with van der Waals surface area (Å²) in [4.78, 5) is 22.8. The Bertz CT molecular complexity index is 1030. The van der Waals surface area contributed by atoms with Gasteiger partial charge in [0.05, 0.1) is 36.5 Å². The molecule has 8 heteroatoms. The topological polar surface area (TPSA) is 67.4 Å². The quantitative estimate of drug-likeness (QED) is 0.661. The first-order chi connectivity index (χ1) is 14.0. The Kier molecular flexibility index (Phi) is 5.35. The summed E-state index contributed by atoms with van der Waals surface area (Å²) in [5.74, 6) is -0.605. The number of aromatic nitrogens is 2. The van der Waals surface area contributed by atoms with Gasteiger partial charge in [0.2, 0.25) is 0 Å². The smallest absolute Gasteiger partial charge is 0.150 e. The number of ether oxygens (including phenoxy) is 1. The molecule has 2 heterocycles. The third kappa shape index (κ3) is 4.17. The fourth-order valence-corrected chi connectivity index (χ4v) is 3.46. The summed E-state index contributed by atoms with van der Waals surface area (Å²) in [6.45, 7) is 4.53. The summed E-state index contributed by atoms with van der Waals surface area (Å²) in [7, 11) is 0. The summed E-state index contributed by atoms with van der Waals surface area (Å²) in [5.41, 5.74) is 2.70. The van der Waals surface area contributed by atoms with Crippen LogP contribution in [0.1, 0.15) is 28.9 Å². The molecular formula is C21H20F2N4O2. The zero-order chi connectivity index (χ0) is 20.4. The van der Waals surface area contributed by atoms with E-state index in [1.165, 1.54) is 12.1 Å². The number of carbonyl (C=O) groups excluding carboxylic acids is 1. The maximum absolute atomic E-state index is 13.5. The highest BCUT2D eigenvalue weighted by molar-refractivity contribution is 5.88. The Morgan fingerprint density at radius 3 is 2.55 bits per heavy atom. The van der Waals surface area contributed by atoms with E-state index in [0.29, 0.717) is 35.5 Å². The van der Waals surface area contributed by atoms with E-state index in [2.05, 4.69) is 15.2 Å². The molecule has 1 aromatic heterocycles. The van der Waals surface area contributed by atoms with Crippen molar-refractivity contribution in [3.05, 3.63) is 59.3 Å². The van der Waals surface area contributed by atoms with Crippen molar-refractivity contribution in [2.75, 3.05) is 36.5 Å². The molecule has 2 aromatic carbocycles. The van der Waals surface area contributed by atoms with Gasteiger partial charge in [-0.25, -0.2) is 13.8 Å². The van der Waals surface area contributed by atoms with Crippen molar-refractivity contribution < 1.29 is 18.3 Å². The van der Waals surface area contributed by atoms with Crippen LogP contribution in [-0.4, -0.2) is 42.6 Å². The monoisotopic (exact) mass is 398 g/mol. The SMILES string of the molecule is CC(Nc1cc(F)cc(F)c1)c1cc(C=O)cc2ncc(N3CCOCC3)nc12. The van der Waals surface area contributed by atoms with Gasteiger partial charge in [-0.1, -0.05) is 0 Å². The number of hydrogen-bond acceptors (Lipinski definition) is 6. The van der Waals surface area contributed by atoms with E-state index in [1.54, 1.807) is 18.3 Å². The maximum atomic E-state index is 13.5. The molecule has 1 N–H and O–H groups in total. The number of anilines is 2. The Morgan fingerprint density at radius 2 is 1.86 bits per heavy atom. The first kappa shape index (κ1) is 19.2. The van der Waals surface area contributed by atoms with Gasteiger partial charge in [0, 0.05) is 36.0 Å². The van der Waals surface area contributed by atoms with Crippen LogP contribution in [0.25, 0.3) is 11.0 Å². The molecule has 3 aromatic rings. The van der Waals surface area contributed by atoms with Gasteiger partial charge in [-0.15, -0.1) is 0 Å². The van der Waals surface area contributed by atoms with Gasteiger partial charge in [-0.2, -0.15) is 0 Å². The lowest BCUT2D eigenvalue weighted by Crippen LogP contribution is -2.36. The molecule has 4 rings (SSSR count). The van der Waals surface area contributed by atoms with Crippen LogP contribution in [0.2, 0.25) is 0 Å². The highest BCUT2D eigenvalue weighted by Crippen LogP contribution is 2.28. The van der Waals surface area contributed by atoms with Crippen LogP contribution in [0.15, 0.2) is 36.5 Å². The molecule has 29 heavy (non-hydrogen) atoms. The lowest BCUT2D eigenvalue weighted by atomic mass is 10.0. The molecule has 1 aliphatic heterocycles. The number of hydrogen-bond donors (Lipinski definition) is 1. The molecule has 1 saturated heterocycles. The minimum absolute atomic E-state index is 0.303. The van der Waals surface area contributed by atoms with Crippen molar-refractivity contribution in [1.82, 2.24) is 9.97 Å². The Hall–Kier alpha value is -3.13. The maximum Gasteiger partial charge on any atom is 0.150 e. The van der Waals surface area contributed by atoms with Crippen molar-refractivity contribution in [3.63, 3.8) is 0 Å². The summed E-state index contributed by atoms with van der Waals surface area (Å²) in [6.07, 6.45) is 2.43. The molecule has 1 unspecified atom stereocenters. The number of benzene rings is 2. The number of carbonyl (C=O) groups is 1. The minimum atomic E-state index is -0.666. The zero-order valence-electron chi connectivity index (χ0n) is 15.9. The van der Waals surface area contributed by atoms with E-state index >= 15 is 0 Å². The lowest BCUT2D eigenvalue weighted by molar-refractivity contribution is 0.112. The van der Waals surface area contributed by atoms with Crippen molar-refractivity contribution in [2.45, 2.75) is 13.0 Å². The Labute approximate surface area is 166 Å². The van der Waals surface area contributed by atoms with Crippen molar-refractivity contribution >= 4 is 28.8 Å². The number of fused-ring (bicyclic) bond motifs is 1. The predicted molar refractivity (Wildman–Crippen MR) is 106 cm³/mol. The number of morpholine rings is 1. The summed E-state index contributed by atoms with van der Waals surface area (Å²) in [6, 6.07) is 6.29. The Morgan fingerprint density at radius 1 is 1.14 bits per heavy atom. The third-order valence-electron chi connectivity index (χ3n) is 4.87. The molecule has 1 fully saturated rings. The first-order valence-corrected chi connectivity index (χ1v) is 9.34. The highest BCUT2D eigenvalue weighted by atomic mass is 19.1. The average molecular weight is 398 g/mol. The van der Waals surface area contributed by atoms with Crippen LogP contribution in [0.3, 0.4) is 0 Å². The fraction of sp³-hybridized carbons (Fsp3) is 0.286. The van der Waals surface area contributed by atoms with Crippen molar-refractivity contribution in [2.24, 2.45) is 0 Å². The summed E-state index contributed by atoms with van der Waals surface area (Å²) >= 11 is 0. The number of aldehydes is 1. The molecule has 6 nitrogen and oxygen atoms in total. The first-order valence-electron chi connectivity index (χ1n) is 9.34. The van der Waals surface area contributed by atoms with Crippen molar-refractivity contribution in [1.29, 1.82) is 0 Å². The standard InChI is InChI=1S/C21H20F2N4O2/c1-13(25-17-9-15(22)8-16(23)10-17)18-6-14(12-28)7-19-21(18)26-20(11-24-19)27-2-4-29-5-3-27/h6-13,25H,2-5H2,1H3. The molecule has 1 atom stereocenters. The van der Waals surface area contributed by atoms with Gasteiger partial charge in [-0.3, -0.25) is 9.78 Å².